The maximum Gasteiger partial charge on any atom is 0.326 e. The molecule has 4 heteroatoms. The third kappa shape index (κ3) is 4.99. The summed E-state index contributed by atoms with van der Waals surface area (Å²) in [6.45, 7) is 7.61. The van der Waals surface area contributed by atoms with Crippen molar-refractivity contribution in [3.05, 3.63) is 0 Å². The molecule has 0 radical (unpaired) electrons. The zero-order valence-electron chi connectivity index (χ0n) is 12.7. The molecule has 0 bridgehead atoms. The van der Waals surface area contributed by atoms with Crippen LogP contribution in [0, 0.1) is 0 Å². The van der Waals surface area contributed by atoms with Gasteiger partial charge < -0.3 is 10.1 Å². The molecule has 112 valence electrons. The van der Waals surface area contributed by atoms with E-state index in [9.17, 15) is 4.79 Å². The minimum Gasteiger partial charge on any atom is -0.465 e. The standard InChI is InChI=1S/C15H29NO2S/c1-4-7-11-19-13-8-9-15(12-13,16-10-5-2)14(17)18-6-3/h13,16H,4-12H2,1-3H3. The van der Waals surface area contributed by atoms with Crippen molar-refractivity contribution < 1.29 is 9.53 Å². The summed E-state index contributed by atoms with van der Waals surface area (Å²) in [5, 5.41) is 4.07. The van der Waals surface area contributed by atoms with Gasteiger partial charge in [-0.15, -0.1) is 0 Å². The Bertz CT molecular complexity index is 273. The molecule has 0 amide bonds. The van der Waals surface area contributed by atoms with Gasteiger partial charge in [-0.3, -0.25) is 4.79 Å². The molecule has 3 nitrogen and oxygen atoms in total. The van der Waals surface area contributed by atoms with Crippen molar-refractivity contribution in [3.8, 4) is 0 Å². The minimum atomic E-state index is -0.407. The Labute approximate surface area is 122 Å². The van der Waals surface area contributed by atoms with E-state index in [1.807, 2.05) is 18.7 Å². The Morgan fingerprint density at radius 3 is 2.79 bits per heavy atom. The number of carbonyl (C=O) groups is 1. The Kier molecular flexibility index (Phi) is 7.84. The summed E-state index contributed by atoms with van der Waals surface area (Å²) in [5.74, 6) is 1.18. The highest BCUT2D eigenvalue weighted by molar-refractivity contribution is 7.99. The number of ether oxygens (including phenoxy) is 1. The molecule has 0 aliphatic heterocycles. The molecule has 1 rings (SSSR count). The van der Waals surface area contributed by atoms with E-state index in [1.54, 1.807) is 0 Å². The van der Waals surface area contributed by atoms with E-state index < -0.39 is 5.54 Å². The molecule has 0 aromatic rings. The highest BCUT2D eigenvalue weighted by Gasteiger charge is 2.46. The fourth-order valence-electron chi connectivity index (χ4n) is 2.59. The van der Waals surface area contributed by atoms with Gasteiger partial charge in [0, 0.05) is 5.25 Å². The Balaban J connectivity index is 2.54. The van der Waals surface area contributed by atoms with E-state index in [0.29, 0.717) is 11.9 Å². The first-order chi connectivity index (χ1) is 9.18. The third-order valence-corrected chi connectivity index (χ3v) is 5.10. The van der Waals surface area contributed by atoms with Gasteiger partial charge >= 0.3 is 5.97 Å². The molecule has 19 heavy (non-hydrogen) atoms. The van der Waals surface area contributed by atoms with Crippen molar-refractivity contribution >= 4 is 17.7 Å². The smallest absolute Gasteiger partial charge is 0.326 e. The first-order valence-electron chi connectivity index (χ1n) is 7.72. The number of rotatable bonds is 9. The van der Waals surface area contributed by atoms with Crippen LogP contribution in [0.1, 0.15) is 59.3 Å². The lowest BCUT2D eigenvalue weighted by Crippen LogP contribution is -2.51. The maximum atomic E-state index is 12.3. The highest BCUT2D eigenvalue weighted by Crippen LogP contribution is 2.38. The van der Waals surface area contributed by atoms with Gasteiger partial charge in [0.2, 0.25) is 0 Å². The monoisotopic (exact) mass is 287 g/mol. The second-order valence-electron chi connectivity index (χ2n) is 5.32. The normalized spacial score (nSPS) is 26.6. The van der Waals surface area contributed by atoms with Crippen LogP contribution in [0.4, 0.5) is 0 Å². The predicted molar refractivity (Wildman–Crippen MR) is 82.7 cm³/mol. The number of hydrogen-bond donors (Lipinski definition) is 1. The van der Waals surface area contributed by atoms with Crippen LogP contribution in [0.5, 0.6) is 0 Å². The first kappa shape index (κ1) is 16.8. The molecule has 0 spiro atoms. The second-order valence-corrected chi connectivity index (χ2v) is 6.73. The summed E-state index contributed by atoms with van der Waals surface area (Å²) in [5.41, 5.74) is -0.407. The van der Waals surface area contributed by atoms with Crippen molar-refractivity contribution in [2.75, 3.05) is 18.9 Å². The van der Waals surface area contributed by atoms with Gasteiger partial charge in [0.15, 0.2) is 0 Å². The van der Waals surface area contributed by atoms with Crippen molar-refractivity contribution in [3.63, 3.8) is 0 Å². The van der Waals surface area contributed by atoms with E-state index in [1.165, 1.54) is 18.6 Å². The molecule has 0 saturated heterocycles. The summed E-state index contributed by atoms with van der Waals surface area (Å²) in [4.78, 5) is 12.3. The van der Waals surface area contributed by atoms with Gasteiger partial charge in [-0.2, -0.15) is 11.8 Å². The average molecular weight is 287 g/mol. The van der Waals surface area contributed by atoms with Crippen LogP contribution in [0.3, 0.4) is 0 Å². The van der Waals surface area contributed by atoms with Crippen molar-refractivity contribution in [2.45, 2.75) is 70.1 Å². The Morgan fingerprint density at radius 2 is 2.16 bits per heavy atom. The number of nitrogens with one attached hydrogen (secondary N) is 1. The van der Waals surface area contributed by atoms with Crippen molar-refractivity contribution in [1.29, 1.82) is 0 Å². The lowest BCUT2D eigenvalue weighted by molar-refractivity contribution is -0.151. The van der Waals surface area contributed by atoms with Gasteiger partial charge in [-0.1, -0.05) is 20.3 Å². The maximum absolute atomic E-state index is 12.3. The summed E-state index contributed by atoms with van der Waals surface area (Å²) in [6, 6.07) is 0. The van der Waals surface area contributed by atoms with Crippen LogP contribution < -0.4 is 5.32 Å². The molecule has 0 aromatic heterocycles. The van der Waals surface area contributed by atoms with E-state index in [2.05, 4.69) is 19.2 Å². The fourth-order valence-corrected chi connectivity index (χ4v) is 4.06. The van der Waals surface area contributed by atoms with Gasteiger partial charge in [0.05, 0.1) is 6.61 Å². The second kappa shape index (κ2) is 8.85. The van der Waals surface area contributed by atoms with Gasteiger partial charge in [0.25, 0.3) is 0 Å². The molecule has 2 unspecified atom stereocenters. The van der Waals surface area contributed by atoms with Gasteiger partial charge in [-0.25, -0.2) is 0 Å². The molecule has 2 atom stereocenters. The Hall–Kier alpha value is -0.220. The molecule has 1 aliphatic carbocycles. The first-order valence-corrected chi connectivity index (χ1v) is 8.77. The average Bonchev–Trinajstić information content (AvgIpc) is 2.82. The van der Waals surface area contributed by atoms with Crippen LogP contribution in [-0.4, -0.2) is 35.7 Å². The van der Waals surface area contributed by atoms with E-state index >= 15 is 0 Å². The molecular formula is C15H29NO2S. The van der Waals surface area contributed by atoms with E-state index in [4.69, 9.17) is 4.74 Å². The lowest BCUT2D eigenvalue weighted by atomic mass is 9.97. The van der Waals surface area contributed by atoms with Crippen LogP contribution in [0.2, 0.25) is 0 Å². The number of esters is 1. The largest absolute Gasteiger partial charge is 0.465 e. The number of hydrogen-bond acceptors (Lipinski definition) is 4. The Morgan fingerprint density at radius 1 is 1.37 bits per heavy atom. The zero-order chi connectivity index (χ0) is 14.1. The van der Waals surface area contributed by atoms with Gasteiger partial charge in [0.1, 0.15) is 5.54 Å². The number of carbonyl (C=O) groups excluding carboxylic acids is 1. The number of thioether (sulfide) groups is 1. The van der Waals surface area contributed by atoms with E-state index in [-0.39, 0.29) is 5.97 Å². The van der Waals surface area contributed by atoms with Crippen molar-refractivity contribution in [2.24, 2.45) is 0 Å². The van der Waals surface area contributed by atoms with Crippen LogP contribution in [0.15, 0.2) is 0 Å². The molecule has 1 saturated carbocycles. The molecule has 0 aromatic carbocycles. The van der Waals surface area contributed by atoms with Crippen LogP contribution in [0.25, 0.3) is 0 Å². The summed E-state index contributed by atoms with van der Waals surface area (Å²) < 4.78 is 5.29. The molecule has 1 fully saturated rings. The molecule has 1 aliphatic rings. The quantitative estimate of drug-likeness (QED) is 0.521. The lowest BCUT2D eigenvalue weighted by Gasteiger charge is -2.28. The van der Waals surface area contributed by atoms with Crippen LogP contribution in [-0.2, 0) is 9.53 Å². The topological polar surface area (TPSA) is 38.3 Å². The molecule has 1 N–H and O–H groups in total. The van der Waals surface area contributed by atoms with Crippen molar-refractivity contribution in [1.82, 2.24) is 5.32 Å². The molecule has 0 heterocycles. The summed E-state index contributed by atoms with van der Waals surface area (Å²) in [6.07, 6.45) is 6.56. The van der Waals surface area contributed by atoms with E-state index in [0.717, 1.165) is 32.2 Å². The highest BCUT2D eigenvalue weighted by atomic mass is 32.2. The number of unbranched alkanes of at least 4 members (excludes halogenated alkanes) is 1. The van der Waals surface area contributed by atoms with Crippen LogP contribution >= 0.6 is 11.8 Å². The summed E-state index contributed by atoms with van der Waals surface area (Å²) >= 11 is 2.03. The minimum absolute atomic E-state index is 0.0398. The third-order valence-electron chi connectivity index (χ3n) is 3.70. The zero-order valence-corrected chi connectivity index (χ0v) is 13.5. The predicted octanol–water partition coefficient (Wildman–Crippen LogP) is 3.37. The molecular weight excluding hydrogens is 258 g/mol. The van der Waals surface area contributed by atoms with Gasteiger partial charge in [-0.05, 0) is 51.3 Å². The SMILES string of the molecule is CCCCSC1CCC(NCCC)(C(=O)OCC)C1. The summed E-state index contributed by atoms with van der Waals surface area (Å²) in [7, 11) is 0. The fraction of sp³-hybridized carbons (Fsp3) is 0.933.